The lowest BCUT2D eigenvalue weighted by atomic mass is 9.92. The molecule has 0 heteroatoms. The van der Waals surface area contributed by atoms with E-state index in [1.54, 1.807) is 0 Å². The zero-order chi connectivity index (χ0) is 53.6. The Balaban J connectivity index is 0.000000167. The van der Waals surface area contributed by atoms with E-state index in [9.17, 15) is 0 Å². The van der Waals surface area contributed by atoms with E-state index in [0.717, 1.165) is 0 Å². The largest absolute Gasteiger partial charge is 0.0654 e. The SMILES string of the molecule is CCCCCCCCCCCCCCc1ccc2c(ccc3c2ccc2c4ccc5ccccc5c4ccc32)c1.CCCCCCCCCCCCCc1ccc2c(ccc3c2ccc2c4ccc5ccccc5c4ccc32)c1. The third kappa shape index (κ3) is 12.7. The van der Waals surface area contributed by atoms with Crippen LogP contribution in [0.4, 0.5) is 0 Å². The Hall–Kier alpha value is -6.76. The van der Waals surface area contributed by atoms with Crippen LogP contribution in [0.25, 0.3) is 108 Å². The molecule has 0 radical (unpaired) electrons. The van der Waals surface area contributed by atoms with Crippen LogP contribution in [0.15, 0.2) is 182 Å². The van der Waals surface area contributed by atoms with Crippen molar-refractivity contribution >= 4 is 108 Å². The predicted octanol–water partition coefficient (Wildman–Crippen LogP) is 25.0. The molecule has 0 atom stereocenters. The summed E-state index contributed by atoms with van der Waals surface area (Å²) in [6.07, 6.45) is 34.7. The van der Waals surface area contributed by atoms with Crippen LogP contribution in [0.1, 0.15) is 173 Å². The van der Waals surface area contributed by atoms with Gasteiger partial charge in [-0.15, -0.1) is 0 Å². The van der Waals surface area contributed by atoms with Crippen molar-refractivity contribution in [1.82, 2.24) is 0 Å². The van der Waals surface area contributed by atoms with Crippen LogP contribution in [0.3, 0.4) is 0 Å². The maximum absolute atomic E-state index is 2.43. The molecular formula is C79H86. The van der Waals surface area contributed by atoms with Gasteiger partial charge in [0.15, 0.2) is 0 Å². The highest BCUT2D eigenvalue weighted by atomic mass is 14.2. The standard InChI is InChI=1S/C40H44.C39H42/c1-2-3-4-5-6-7-8-9-10-11-12-13-16-30-19-22-34-32(29-30)21-24-38-36(34)26-28-39-37-23-20-31-17-14-15-18-33(31)35(37)25-27-40(38)39;1-2-3-4-5-6-7-8-9-10-11-12-15-29-18-21-33-31(28-29)20-23-37-35(33)25-27-38-36-22-19-30-16-13-14-17-32(30)34(36)24-26-39(37)38/h14-15,17-29H,2-13,16H2,1H3;13-14,16-28H,2-12,15H2,1H3. The van der Waals surface area contributed by atoms with Crippen LogP contribution >= 0.6 is 0 Å². The van der Waals surface area contributed by atoms with Crippen molar-refractivity contribution < 1.29 is 0 Å². The summed E-state index contributed by atoms with van der Waals surface area (Å²) in [7, 11) is 0. The highest BCUT2D eigenvalue weighted by molar-refractivity contribution is 6.26. The molecule has 0 aliphatic heterocycles. The fourth-order valence-electron chi connectivity index (χ4n) is 13.5. The van der Waals surface area contributed by atoms with Gasteiger partial charge >= 0.3 is 0 Å². The average Bonchev–Trinajstić information content (AvgIpc) is 3.53. The summed E-state index contributed by atoms with van der Waals surface area (Å²) < 4.78 is 0. The summed E-state index contributed by atoms with van der Waals surface area (Å²) in [5.74, 6) is 0. The van der Waals surface area contributed by atoms with Crippen LogP contribution in [0.2, 0.25) is 0 Å². The Bertz CT molecular complexity index is 3980. The molecule has 0 saturated heterocycles. The molecule has 12 rings (SSSR count). The number of hydrogen-bond donors (Lipinski definition) is 0. The van der Waals surface area contributed by atoms with Gasteiger partial charge in [-0.25, -0.2) is 0 Å². The monoisotopic (exact) mass is 1030 g/mol. The van der Waals surface area contributed by atoms with Gasteiger partial charge in [0.25, 0.3) is 0 Å². The molecule has 0 N–H and O–H groups in total. The molecule has 0 aromatic heterocycles. The second-order valence-electron chi connectivity index (χ2n) is 23.6. The number of aryl methyl sites for hydroxylation is 2. The van der Waals surface area contributed by atoms with Gasteiger partial charge in [-0.05, 0) is 145 Å². The summed E-state index contributed by atoms with van der Waals surface area (Å²) >= 11 is 0. The lowest BCUT2D eigenvalue weighted by molar-refractivity contribution is 0.544. The van der Waals surface area contributed by atoms with Gasteiger partial charge < -0.3 is 0 Å². The second-order valence-corrected chi connectivity index (χ2v) is 23.6. The lowest BCUT2D eigenvalue weighted by Crippen LogP contribution is -1.88. The molecule has 0 amide bonds. The molecule has 0 nitrogen and oxygen atoms in total. The Labute approximate surface area is 472 Å². The molecule has 0 aliphatic carbocycles. The van der Waals surface area contributed by atoms with Crippen molar-refractivity contribution in [2.75, 3.05) is 0 Å². The number of fused-ring (bicyclic) bond motifs is 18. The summed E-state index contributed by atoms with van der Waals surface area (Å²) in [6.45, 7) is 4.59. The summed E-state index contributed by atoms with van der Waals surface area (Å²) in [5.41, 5.74) is 2.97. The molecule has 0 spiro atoms. The zero-order valence-electron chi connectivity index (χ0n) is 48.0. The molecule has 0 saturated carbocycles. The highest BCUT2D eigenvalue weighted by Crippen LogP contribution is 2.39. The average molecular weight is 1040 g/mol. The van der Waals surface area contributed by atoms with Gasteiger partial charge in [0.1, 0.15) is 0 Å². The summed E-state index contributed by atoms with van der Waals surface area (Å²) in [6, 6.07) is 69.0. The highest BCUT2D eigenvalue weighted by Gasteiger charge is 2.12. The lowest BCUT2D eigenvalue weighted by Gasteiger charge is -2.12. The van der Waals surface area contributed by atoms with Crippen molar-refractivity contribution in [3.63, 3.8) is 0 Å². The fraction of sp³-hybridized carbons (Fsp3) is 0.342. The van der Waals surface area contributed by atoms with E-state index in [4.69, 9.17) is 0 Å². The number of unbranched alkanes of at least 4 members (excludes halogenated alkanes) is 21. The minimum atomic E-state index is 1.20. The molecule has 79 heavy (non-hydrogen) atoms. The first-order valence-electron chi connectivity index (χ1n) is 31.5. The van der Waals surface area contributed by atoms with Gasteiger partial charge in [0, 0.05) is 0 Å². The smallest absolute Gasteiger partial charge is 0.00987 e. The Morgan fingerprint density at radius 1 is 0.177 bits per heavy atom. The summed E-state index contributed by atoms with van der Waals surface area (Å²) in [5, 5.41) is 27.0. The van der Waals surface area contributed by atoms with Gasteiger partial charge in [-0.1, -0.05) is 331 Å². The van der Waals surface area contributed by atoms with E-state index < -0.39 is 0 Å². The zero-order valence-corrected chi connectivity index (χ0v) is 48.0. The summed E-state index contributed by atoms with van der Waals surface area (Å²) in [4.78, 5) is 0. The van der Waals surface area contributed by atoms with E-state index >= 15 is 0 Å². The first-order valence-corrected chi connectivity index (χ1v) is 31.5. The maximum Gasteiger partial charge on any atom is -0.00987 e. The van der Waals surface area contributed by atoms with E-state index in [0.29, 0.717) is 0 Å². The van der Waals surface area contributed by atoms with Crippen molar-refractivity contribution in [3.8, 4) is 0 Å². The van der Waals surface area contributed by atoms with Gasteiger partial charge in [-0.2, -0.15) is 0 Å². The minimum Gasteiger partial charge on any atom is -0.0654 e. The molecular weight excluding hydrogens is 949 g/mol. The maximum atomic E-state index is 2.43. The molecule has 0 heterocycles. The molecule has 0 aliphatic rings. The van der Waals surface area contributed by atoms with Gasteiger partial charge in [0.2, 0.25) is 0 Å². The molecule has 0 fully saturated rings. The van der Waals surface area contributed by atoms with Crippen LogP contribution in [-0.4, -0.2) is 0 Å². The van der Waals surface area contributed by atoms with Crippen LogP contribution in [-0.2, 0) is 12.8 Å². The Morgan fingerprint density at radius 2 is 0.392 bits per heavy atom. The normalized spacial score (nSPS) is 11.9. The van der Waals surface area contributed by atoms with Crippen molar-refractivity contribution in [1.29, 1.82) is 0 Å². The third-order valence-corrected chi connectivity index (χ3v) is 18.0. The first-order chi connectivity index (χ1) is 39.2. The van der Waals surface area contributed by atoms with E-state index in [1.165, 1.54) is 279 Å². The quantitative estimate of drug-likeness (QED) is 0.0395. The first kappa shape index (κ1) is 54.2. The number of hydrogen-bond acceptors (Lipinski definition) is 0. The van der Waals surface area contributed by atoms with Crippen LogP contribution in [0, 0.1) is 0 Å². The predicted molar refractivity (Wildman–Crippen MR) is 353 cm³/mol. The van der Waals surface area contributed by atoms with Crippen molar-refractivity contribution in [2.45, 2.75) is 174 Å². The molecule has 402 valence electrons. The number of rotatable bonds is 25. The van der Waals surface area contributed by atoms with E-state index in [1.807, 2.05) is 0 Å². The van der Waals surface area contributed by atoms with Gasteiger partial charge in [-0.3, -0.25) is 0 Å². The van der Waals surface area contributed by atoms with Crippen LogP contribution in [0.5, 0.6) is 0 Å². The topological polar surface area (TPSA) is 0 Å². The second kappa shape index (κ2) is 26.9. The number of benzene rings is 12. The Morgan fingerprint density at radius 3 is 0.696 bits per heavy atom. The van der Waals surface area contributed by atoms with Crippen molar-refractivity contribution in [3.05, 3.63) is 193 Å². The molecule has 0 bridgehead atoms. The van der Waals surface area contributed by atoms with E-state index in [2.05, 4.69) is 196 Å². The molecule has 0 unspecified atom stereocenters. The fourth-order valence-corrected chi connectivity index (χ4v) is 13.5. The van der Waals surface area contributed by atoms with Crippen LogP contribution < -0.4 is 0 Å². The molecule has 12 aromatic carbocycles. The van der Waals surface area contributed by atoms with Gasteiger partial charge in [0.05, 0.1) is 0 Å². The Kier molecular flexibility index (Phi) is 18.5. The van der Waals surface area contributed by atoms with E-state index in [-0.39, 0.29) is 0 Å². The minimum absolute atomic E-state index is 1.20. The van der Waals surface area contributed by atoms with Crippen molar-refractivity contribution in [2.24, 2.45) is 0 Å². The third-order valence-electron chi connectivity index (χ3n) is 18.0. The molecule has 12 aromatic rings.